The fraction of sp³-hybridized carbons (Fsp3) is 0.200. The van der Waals surface area contributed by atoms with Gasteiger partial charge in [-0.15, -0.1) is 0 Å². The van der Waals surface area contributed by atoms with Gasteiger partial charge in [-0.3, -0.25) is 9.79 Å². The van der Waals surface area contributed by atoms with Crippen LogP contribution >= 0.6 is 23.2 Å². The first-order chi connectivity index (χ1) is 16.0. The number of aromatic nitrogens is 1. The number of hydrogen-bond donors (Lipinski definition) is 2. The summed E-state index contributed by atoms with van der Waals surface area (Å²) in [5.74, 6) is 0.689. The van der Waals surface area contributed by atoms with Gasteiger partial charge in [0.05, 0.1) is 29.0 Å². The highest BCUT2D eigenvalue weighted by molar-refractivity contribution is 6.41. The number of hydrogen-bond acceptors (Lipinski definition) is 5. The van der Waals surface area contributed by atoms with Gasteiger partial charge in [0.2, 0.25) is 5.91 Å². The third-order valence-corrected chi connectivity index (χ3v) is 5.37. The average molecular weight is 482 g/mol. The molecular formula is C25H25Cl2N5O. The van der Waals surface area contributed by atoms with Gasteiger partial charge in [0, 0.05) is 25.9 Å². The van der Waals surface area contributed by atoms with Gasteiger partial charge >= 0.3 is 0 Å². The Hall–Kier alpha value is -3.22. The largest absolute Gasteiger partial charge is 0.343 e. The molecule has 2 aromatic rings. The summed E-state index contributed by atoms with van der Waals surface area (Å²) >= 11 is 11.8. The van der Waals surface area contributed by atoms with E-state index in [0.29, 0.717) is 17.1 Å². The average Bonchev–Trinajstić information content (AvgIpc) is 3.03. The number of aliphatic imine (C=N–C) groups is 2. The normalized spacial score (nSPS) is 14.0. The molecule has 0 unspecified atom stereocenters. The molecule has 170 valence electrons. The topological polar surface area (TPSA) is 78.7 Å². The highest BCUT2D eigenvalue weighted by Crippen LogP contribution is 2.23. The van der Waals surface area contributed by atoms with Crippen molar-refractivity contribution in [1.82, 2.24) is 10.3 Å². The van der Waals surface area contributed by atoms with Crippen molar-refractivity contribution < 1.29 is 4.79 Å². The predicted molar refractivity (Wildman–Crippen MR) is 138 cm³/mol. The van der Waals surface area contributed by atoms with Crippen LogP contribution < -0.4 is 10.6 Å². The Labute approximate surface area is 203 Å². The second-order valence-corrected chi connectivity index (χ2v) is 8.03. The Kier molecular flexibility index (Phi) is 8.98. The van der Waals surface area contributed by atoms with Crippen molar-refractivity contribution in [3.63, 3.8) is 0 Å². The highest BCUT2D eigenvalue weighted by atomic mass is 35.5. The van der Waals surface area contributed by atoms with E-state index in [-0.39, 0.29) is 17.5 Å². The summed E-state index contributed by atoms with van der Waals surface area (Å²) in [5, 5.41) is 6.60. The Balaban J connectivity index is 1.64. The van der Waals surface area contributed by atoms with Gasteiger partial charge in [0.15, 0.2) is 0 Å². The lowest BCUT2D eigenvalue weighted by molar-refractivity contribution is -0.115. The maximum atomic E-state index is 12.4. The summed E-state index contributed by atoms with van der Waals surface area (Å²) in [6.45, 7) is 2.08. The first-order valence-electron chi connectivity index (χ1n) is 10.5. The molecule has 2 N–H and O–H groups in total. The number of nitrogens with zero attached hydrogens (tertiary/aromatic N) is 3. The molecule has 33 heavy (non-hydrogen) atoms. The molecular weight excluding hydrogens is 457 g/mol. The van der Waals surface area contributed by atoms with Gasteiger partial charge in [0.1, 0.15) is 11.0 Å². The van der Waals surface area contributed by atoms with Crippen molar-refractivity contribution in [3.05, 3.63) is 88.0 Å². The van der Waals surface area contributed by atoms with E-state index in [4.69, 9.17) is 23.2 Å². The minimum atomic E-state index is -0.164. The number of carbonyl (C=O) groups excluding carboxylic acids is 1. The van der Waals surface area contributed by atoms with Crippen LogP contribution in [0.5, 0.6) is 0 Å². The number of benzene rings is 1. The Bertz CT molecular complexity index is 1150. The number of amides is 1. The van der Waals surface area contributed by atoms with Crippen molar-refractivity contribution in [2.75, 3.05) is 12.4 Å². The summed E-state index contributed by atoms with van der Waals surface area (Å²) in [6.07, 6.45) is 13.1. The van der Waals surface area contributed by atoms with Crippen LogP contribution in [0, 0.1) is 0 Å². The van der Waals surface area contributed by atoms with Gasteiger partial charge in [-0.2, -0.15) is 0 Å². The summed E-state index contributed by atoms with van der Waals surface area (Å²) in [5.41, 5.74) is 4.34. The van der Waals surface area contributed by atoms with Crippen LogP contribution in [0.2, 0.25) is 10.2 Å². The molecule has 0 saturated carbocycles. The lowest BCUT2D eigenvalue weighted by Gasteiger charge is -2.07. The Morgan fingerprint density at radius 2 is 2.00 bits per heavy atom. The van der Waals surface area contributed by atoms with Crippen molar-refractivity contribution in [1.29, 1.82) is 0 Å². The summed E-state index contributed by atoms with van der Waals surface area (Å²) in [6, 6.07) is 9.41. The predicted octanol–water partition coefficient (Wildman–Crippen LogP) is 5.85. The van der Waals surface area contributed by atoms with Crippen molar-refractivity contribution >= 4 is 52.4 Å². The van der Waals surface area contributed by atoms with E-state index in [1.807, 2.05) is 36.5 Å². The first kappa shape index (κ1) is 24.4. The number of pyridine rings is 1. The number of anilines is 1. The molecule has 0 saturated heterocycles. The smallest absolute Gasteiger partial charge is 0.228 e. The van der Waals surface area contributed by atoms with Crippen LogP contribution in [0.15, 0.2) is 76.6 Å². The third-order valence-electron chi connectivity index (χ3n) is 4.68. The molecule has 0 radical (unpaired) electrons. The molecule has 3 rings (SSSR count). The van der Waals surface area contributed by atoms with Gasteiger partial charge in [-0.1, -0.05) is 72.6 Å². The molecule has 1 aliphatic heterocycles. The monoisotopic (exact) mass is 481 g/mol. The molecule has 6 nitrogen and oxygen atoms in total. The van der Waals surface area contributed by atoms with Gasteiger partial charge < -0.3 is 10.6 Å². The quantitative estimate of drug-likeness (QED) is 0.384. The number of carbonyl (C=O) groups is 1. The fourth-order valence-electron chi connectivity index (χ4n) is 3.15. The van der Waals surface area contributed by atoms with E-state index in [1.54, 1.807) is 19.3 Å². The standard InChI is InChI=1S/C25H25Cl2N5O/c1-3-5-20(15-28-2)31-23-7-4-6-19(14-29-23)18-10-8-17(9-11-18)12-24(33)32-21-13-22(26)25(27)30-16-21/h4-6,8-11,13-16H,3,7,12H2,1-2H3,(H,29,31)(H,32,33)/b20-5+,28-15?. The van der Waals surface area contributed by atoms with Crippen molar-refractivity contribution in [2.45, 2.75) is 26.2 Å². The molecule has 1 aromatic carbocycles. The zero-order valence-corrected chi connectivity index (χ0v) is 20.0. The van der Waals surface area contributed by atoms with Crippen LogP contribution in [0.25, 0.3) is 5.57 Å². The van der Waals surface area contributed by atoms with E-state index in [2.05, 4.69) is 44.7 Å². The number of nitrogens with one attached hydrogen (secondary N) is 2. The maximum absolute atomic E-state index is 12.4. The molecule has 2 heterocycles. The first-order valence-corrected chi connectivity index (χ1v) is 11.3. The van der Waals surface area contributed by atoms with Crippen LogP contribution in [0.4, 0.5) is 5.69 Å². The molecule has 0 aliphatic carbocycles. The summed E-state index contributed by atoms with van der Waals surface area (Å²) < 4.78 is 0. The highest BCUT2D eigenvalue weighted by Gasteiger charge is 2.08. The minimum Gasteiger partial charge on any atom is -0.343 e. The molecule has 0 atom stereocenters. The molecule has 1 aromatic heterocycles. The maximum Gasteiger partial charge on any atom is 0.228 e. The van der Waals surface area contributed by atoms with E-state index < -0.39 is 0 Å². The van der Waals surface area contributed by atoms with Gasteiger partial charge in [-0.25, -0.2) is 9.98 Å². The van der Waals surface area contributed by atoms with Crippen molar-refractivity contribution in [2.24, 2.45) is 9.98 Å². The number of amidine groups is 1. The second-order valence-electron chi connectivity index (χ2n) is 7.27. The van der Waals surface area contributed by atoms with E-state index in [1.165, 1.54) is 6.20 Å². The third kappa shape index (κ3) is 7.41. The Morgan fingerprint density at radius 3 is 2.70 bits per heavy atom. The zero-order valence-electron chi connectivity index (χ0n) is 18.5. The molecule has 1 aliphatic rings. The molecule has 0 fully saturated rings. The number of rotatable bonds is 7. The molecule has 1 amide bonds. The van der Waals surface area contributed by atoms with E-state index in [9.17, 15) is 4.79 Å². The molecule has 0 spiro atoms. The fourth-order valence-corrected chi connectivity index (χ4v) is 3.42. The van der Waals surface area contributed by atoms with Crippen LogP contribution in [0.1, 0.15) is 30.9 Å². The number of allylic oxidation sites excluding steroid dienone is 4. The second kappa shape index (κ2) is 12.1. The SMILES string of the molecule is CC/C=C(\C=NC)NC1=NC=C(c2ccc(CC(=O)Nc3cnc(Cl)c(Cl)c3)cc2)C=CC1. The van der Waals surface area contributed by atoms with Crippen LogP contribution in [-0.2, 0) is 11.2 Å². The minimum absolute atomic E-state index is 0.164. The Morgan fingerprint density at radius 1 is 1.21 bits per heavy atom. The summed E-state index contributed by atoms with van der Waals surface area (Å²) in [7, 11) is 1.75. The zero-order chi connectivity index (χ0) is 23.6. The van der Waals surface area contributed by atoms with E-state index in [0.717, 1.165) is 34.7 Å². The van der Waals surface area contributed by atoms with Gasteiger partial charge in [-0.05, 0) is 29.2 Å². The lowest BCUT2D eigenvalue weighted by atomic mass is 10.0. The van der Waals surface area contributed by atoms with Crippen LogP contribution in [0.3, 0.4) is 0 Å². The lowest BCUT2D eigenvalue weighted by Crippen LogP contribution is -2.22. The molecule has 8 heteroatoms. The van der Waals surface area contributed by atoms with Gasteiger partial charge in [0.25, 0.3) is 0 Å². The van der Waals surface area contributed by atoms with Crippen molar-refractivity contribution in [3.8, 4) is 0 Å². The molecule has 0 bridgehead atoms. The summed E-state index contributed by atoms with van der Waals surface area (Å²) in [4.78, 5) is 25.0. The van der Waals surface area contributed by atoms with E-state index >= 15 is 0 Å². The number of halogens is 2. The van der Waals surface area contributed by atoms with Crippen LogP contribution in [-0.4, -0.2) is 30.0 Å².